The Morgan fingerprint density at radius 2 is 2.11 bits per heavy atom. The molecule has 0 amide bonds. The smallest absolute Gasteiger partial charge is 0.303 e. The van der Waals surface area contributed by atoms with E-state index in [-0.39, 0.29) is 24.2 Å². The van der Waals surface area contributed by atoms with Crippen molar-refractivity contribution in [3.63, 3.8) is 0 Å². The summed E-state index contributed by atoms with van der Waals surface area (Å²) in [6.45, 7) is 0. The first-order valence-corrected chi connectivity index (χ1v) is 5.10. The van der Waals surface area contributed by atoms with E-state index in [0.29, 0.717) is 6.07 Å². The number of hydrogen-bond donors (Lipinski definition) is 3. The van der Waals surface area contributed by atoms with Crippen LogP contribution < -0.4 is 10.5 Å². The van der Waals surface area contributed by atoms with Gasteiger partial charge in [0.25, 0.3) is 0 Å². The van der Waals surface area contributed by atoms with Crippen molar-refractivity contribution in [3.8, 4) is 11.5 Å². The van der Waals surface area contributed by atoms with Crippen LogP contribution in [-0.4, -0.2) is 23.3 Å². The first-order chi connectivity index (χ1) is 8.38. The number of rotatable bonds is 5. The van der Waals surface area contributed by atoms with Gasteiger partial charge in [-0.1, -0.05) is 0 Å². The van der Waals surface area contributed by atoms with Crippen LogP contribution in [0.25, 0.3) is 0 Å². The third-order valence-electron chi connectivity index (χ3n) is 2.44. The van der Waals surface area contributed by atoms with Crippen LogP contribution in [0.15, 0.2) is 6.07 Å². The minimum Gasteiger partial charge on any atom is -0.504 e. The van der Waals surface area contributed by atoms with Crippen LogP contribution in [0.2, 0.25) is 0 Å². The Kier molecular flexibility index (Phi) is 4.43. The van der Waals surface area contributed by atoms with Gasteiger partial charge in [0, 0.05) is 18.5 Å². The van der Waals surface area contributed by atoms with Crippen LogP contribution in [0.3, 0.4) is 0 Å². The Morgan fingerprint density at radius 3 is 2.61 bits per heavy atom. The second kappa shape index (κ2) is 5.63. The molecule has 1 aromatic carbocycles. The molecular weight excluding hydrogens is 248 g/mol. The van der Waals surface area contributed by atoms with Gasteiger partial charge in [-0.2, -0.15) is 0 Å². The molecule has 0 heterocycles. The molecule has 5 nitrogen and oxygen atoms in total. The lowest BCUT2D eigenvalue weighted by molar-refractivity contribution is -0.137. The van der Waals surface area contributed by atoms with E-state index in [1.165, 1.54) is 0 Å². The number of carboxylic acid groups (broad SMARTS) is 1. The van der Waals surface area contributed by atoms with Gasteiger partial charge in [0.2, 0.25) is 0 Å². The highest BCUT2D eigenvalue weighted by Gasteiger charge is 2.24. The lowest BCUT2D eigenvalue weighted by atomic mass is 10.00. The molecule has 1 aromatic rings. The minimum absolute atomic E-state index is 0.0812. The molecule has 1 atom stereocenters. The summed E-state index contributed by atoms with van der Waals surface area (Å²) >= 11 is 0. The number of benzene rings is 1. The molecule has 0 aliphatic rings. The molecule has 0 bridgehead atoms. The van der Waals surface area contributed by atoms with Crippen LogP contribution in [0, 0.1) is 11.6 Å². The fraction of sp³-hybridized carbons (Fsp3) is 0.364. The summed E-state index contributed by atoms with van der Waals surface area (Å²) in [4.78, 5) is 10.4. The number of carboxylic acids is 1. The van der Waals surface area contributed by atoms with E-state index in [9.17, 15) is 18.7 Å². The maximum Gasteiger partial charge on any atom is 0.303 e. The fourth-order valence-electron chi connectivity index (χ4n) is 1.58. The average molecular weight is 261 g/mol. The molecule has 100 valence electrons. The Hall–Kier alpha value is -1.89. The number of methoxy groups -OCH3 is 1. The quantitative estimate of drug-likeness (QED) is 0.747. The Labute approximate surface area is 102 Å². The lowest BCUT2D eigenvalue weighted by Gasteiger charge is -2.17. The fourth-order valence-corrected chi connectivity index (χ4v) is 1.58. The van der Waals surface area contributed by atoms with Gasteiger partial charge in [-0.3, -0.25) is 4.79 Å². The second-order valence-electron chi connectivity index (χ2n) is 3.67. The number of aliphatic carboxylic acids is 1. The van der Waals surface area contributed by atoms with Crippen molar-refractivity contribution in [2.45, 2.75) is 18.9 Å². The van der Waals surface area contributed by atoms with Crippen molar-refractivity contribution in [1.82, 2.24) is 0 Å². The SMILES string of the molecule is COc1c(F)cc(F)c(O)c1C(N)CCC(=O)O. The molecule has 1 unspecified atom stereocenters. The van der Waals surface area contributed by atoms with Gasteiger partial charge in [-0.25, -0.2) is 8.78 Å². The summed E-state index contributed by atoms with van der Waals surface area (Å²) in [5.74, 6) is -4.48. The van der Waals surface area contributed by atoms with Crippen molar-refractivity contribution in [2.24, 2.45) is 5.73 Å². The molecule has 0 aromatic heterocycles. The molecule has 7 heteroatoms. The number of ether oxygens (including phenoxy) is 1. The van der Waals surface area contributed by atoms with Crippen molar-refractivity contribution in [1.29, 1.82) is 0 Å². The minimum atomic E-state index is -1.17. The summed E-state index contributed by atoms with van der Waals surface area (Å²) in [7, 11) is 1.14. The Bertz CT molecular complexity index is 465. The molecule has 18 heavy (non-hydrogen) atoms. The molecule has 4 N–H and O–H groups in total. The number of phenols is 1. The van der Waals surface area contributed by atoms with Gasteiger partial charge >= 0.3 is 5.97 Å². The highest BCUT2D eigenvalue weighted by Crippen LogP contribution is 2.38. The third-order valence-corrected chi connectivity index (χ3v) is 2.44. The van der Waals surface area contributed by atoms with E-state index in [1.54, 1.807) is 0 Å². The first kappa shape index (κ1) is 14.2. The number of aromatic hydroxyl groups is 1. The van der Waals surface area contributed by atoms with Gasteiger partial charge < -0.3 is 20.7 Å². The maximum atomic E-state index is 13.4. The van der Waals surface area contributed by atoms with Crippen LogP contribution in [0.4, 0.5) is 8.78 Å². The van der Waals surface area contributed by atoms with E-state index in [2.05, 4.69) is 0 Å². The van der Waals surface area contributed by atoms with E-state index in [0.717, 1.165) is 7.11 Å². The highest BCUT2D eigenvalue weighted by atomic mass is 19.1. The molecule has 0 spiro atoms. The van der Waals surface area contributed by atoms with Crippen molar-refractivity contribution >= 4 is 5.97 Å². The summed E-state index contributed by atoms with van der Waals surface area (Å²) in [5.41, 5.74) is 5.35. The number of halogens is 2. The number of carbonyl (C=O) groups is 1. The van der Waals surface area contributed by atoms with Crippen molar-refractivity contribution in [2.75, 3.05) is 7.11 Å². The summed E-state index contributed by atoms with van der Waals surface area (Å²) in [6, 6.07) is -0.567. The predicted molar refractivity (Wildman–Crippen MR) is 58.4 cm³/mol. The zero-order valence-electron chi connectivity index (χ0n) is 9.61. The summed E-state index contributed by atoms with van der Waals surface area (Å²) in [5, 5.41) is 18.0. The molecule has 0 radical (unpaired) electrons. The average Bonchev–Trinajstić information content (AvgIpc) is 2.30. The number of phenolic OH excluding ortho intramolecular Hbond substituents is 1. The van der Waals surface area contributed by atoms with Crippen LogP contribution in [0.1, 0.15) is 24.4 Å². The summed E-state index contributed by atoms with van der Waals surface area (Å²) in [6.07, 6.45) is -0.371. The molecule has 0 fully saturated rings. The maximum absolute atomic E-state index is 13.4. The first-order valence-electron chi connectivity index (χ1n) is 5.10. The van der Waals surface area contributed by atoms with Gasteiger partial charge in [0.15, 0.2) is 23.1 Å². The monoisotopic (exact) mass is 261 g/mol. The largest absolute Gasteiger partial charge is 0.504 e. The Morgan fingerprint density at radius 1 is 1.50 bits per heavy atom. The van der Waals surface area contributed by atoms with E-state index >= 15 is 0 Å². The van der Waals surface area contributed by atoms with Gasteiger partial charge in [0.1, 0.15) is 0 Å². The molecule has 1 rings (SSSR count). The van der Waals surface area contributed by atoms with Crippen LogP contribution >= 0.6 is 0 Å². The standard InChI is InChI=1S/C11H13F2NO4/c1-18-11-6(13)4-5(12)10(17)9(11)7(14)2-3-8(15)16/h4,7,17H,2-3,14H2,1H3,(H,15,16). The third kappa shape index (κ3) is 2.86. The van der Waals surface area contributed by atoms with E-state index in [1.807, 2.05) is 0 Å². The zero-order valence-corrected chi connectivity index (χ0v) is 9.61. The van der Waals surface area contributed by atoms with Gasteiger partial charge in [0.05, 0.1) is 12.7 Å². The molecule has 0 aliphatic carbocycles. The van der Waals surface area contributed by atoms with Gasteiger partial charge in [-0.05, 0) is 6.42 Å². The molecule has 0 aliphatic heterocycles. The predicted octanol–water partition coefficient (Wildman–Crippen LogP) is 1.54. The van der Waals surface area contributed by atoms with E-state index in [4.69, 9.17) is 15.6 Å². The molecule has 0 saturated carbocycles. The highest BCUT2D eigenvalue weighted by molar-refractivity contribution is 5.66. The van der Waals surface area contributed by atoms with Crippen LogP contribution in [0.5, 0.6) is 11.5 Å². The summed E-state index contributed by atoms with van der Waals surface area (Å²) < 4.78 is 31.3. The van der Waals surface area contributed by atoms with E-state index < -0.39 is 29.4 Å². The molecule has 0 saturated heterocycles. The van der Waals surface area contributed by atoms with Crippen molar-refractivity contribution < 1.29 is 28.5 Å². The van der Waals surface area contributed by atoms with Crippen LogP contribution in [-0.2, 0) is 4.79 Å². The lowest BCUT2D eigenvalue weighted by Crippen LogP contribution is -2.15. The molecular formula is C11H13F2NO4. The number of nitrogens with two attached hydrogens (primary N) is 1. The second-order valence-corrected chi connectivity index (χ2v) is 3.67. The normalized spacial score (nSPS) is 12.2. The zero-order chi connectivity index (χ0) is 13.9. The van der Waals surface area contributed by atoms with Gasteiger partial charge in [-0.15, -0.1) is 0 Å². The Balaban J connectivity index is 3.16. The van der Waals surface area contributed by atoms with Crippen molar-refractivity contribution in [3.05, 3.63) is 23.3 Å². The number of hydrogen-bond acceptors (Lipinski definition) is 4. The topological polar surface area (TPSA) is 92.8 Å².